The van der Waals surface area contributed by atoms with Gasteiger partial charge < -0.3 is 11.1 Å². The first-order chi connectivity index (χ1) is 8.79. The van der Waals surface area contributed by atoms with E-state index in [0.29, 0.717) is 24.9 Å². The Labute approximate surface area is 114 Å². The molecular weight excluding hydrogens is 243 g/mol. The summed E-state index contributed by atoms with van der Waals surface area (Å²) in [6.07, 6.45) is 1.19. The van der Waals surface area contributed by atoms with Crippen LogP contribution in [0.25, 0.3) is 0 Å². The van der Waals surface area contributed by atoms with E-state index in [-0.39, 0.29) is 17.6 Å². The first kappa shape index (κ1) is 15.6. The third-order valence-electron chi connectivity index (χ3n) is 2.97. The van der Waals surface area contributed by atoms with Crippen LogP contribution in [-0.4, -0.2) is 18.0 Å². The van der Waals surface area contributed by atoms with Crippen molar-refractivity contribution in [2.24, 2.45) is 11.7 Å². The van der Waals surface area contributed by atoms with Gasteiger partial charge in [0.2, 0.25) is 5.91 Å². The van der Waals surface area contributed by atoms with Crippen molar-refractivity contribution >= 4 is 5.91 Å². The number of nitrogens with two attached hydrogens (primary N) is 1. The maximum Gasteiger partial charge on any atom is 0.222 e. The van der Waals surface area contributed by atoms with Gasteiger partial charge in [0.05, 0.1) is 0 Å². The van der Waals surface area contributed by atoms with Gasteiger partial charge >= 0.3 is 0 Å². The number of rotatable bonds is 6. The molecule has 0 spiro atoms. The molecule has 0 saturated heterocycles. The average Bonchev–Trinajstić information content (AvgIpc) is 2.33. The average molecular weight is 266 g/mol. The SMILES string of the molecule is CC(CCc1ccccc1F)C(=O)NCC(C)(C)N. The van der Waals surface area contributed by atoms with E-state index in [4.69, 9.17) is 5.73 Å². The van der Waals surface area contributed by atoms with Gasteiger partial charge in [-0.05, 0) is 38.3 Å². The molecule has 1 amide bonds. The normalized spacial score (nSPS) is 13.1. The molecule has 106 valence electrons. The number of carbonyl (C=O) groups is 1. The fraction of sp³-hybridized carbons (Fsp3) is 0.533. The van der Waals surface area contributed by atoms with Crippen LogP contribution in [0.15, 0.2) is 24.3 Å². The minimum Gasteiger partial charge on any atom is -0.354 e. The highest BCUT2D eigenvalue weighted by Gasteiger charge is 2.17. The minimum absolute atomic E-state index is 0.0325. The van der Waals surface area contributed by atoms with E-state index in [1.165, 1.54) is 6.07 Å². The molecule has 1 atom stereocenters. The number of halogens is 1. The Hall–Kier alpha value is -1.42. The minimum atomic E-state index is -0.416. The molecule has 0 aliphatic rings. The molecule has 0 radical (unpaired) electrons. The quantitative estimate of drug-likeness (QED) is 0.829. The fourth-order valence-electron chi connectivity index (χ4n) is 1.69. The molecule has 19 heavy (non-hydrogen) atoms. The lowest BCUT2D eigenvalue weighted by atomic mass is 9.99. The number of aryl methyl sites for hydroxylation is 1. The predicted octanol–water partition coefficient (Wildman–Crippen LogP) is 2.25. The van der Waals surface area contributed by atoms with Crippen LogP contribution in [0, 0.1) is 11.7 Å². The van der Waals surface area contributed by atoms with E-state index in [1.54, 1.807) is 18.2 Å². The maximum atomic E-state index is 13.4. The Balaban J connectivity index is 2.41. The largest absolute Gasteiger partial charge is 0.354 e. The van der Waals surface area contributed by atoms with Crippen LogP contribution < -0.4 is 11.1 Å². The highest BCUT2D eigenvalue weighted by Crippen LogP contribution is 2.13. The molecule has 0 aliphatic carbocycles. The second-order valence-electron chi connectivity index (χ2n) is 5.74. The molecule has 0 aromatic heterocycles. The summed E-state index contributed by atoms with van der Waals surface area (Å²) in [6, 6.07) is 6.67. The molecule has 0 fully saturated rings. The molecule has 4 heteroatoms. The summed E-state index contributed by atoms with van der Waals surface area (Å²) in [5, 5.41) is 2.82. The van der Waals surface area contributed by atoms with E-state index < -0.39 is 5.54 Å². The van der Waals surface area contributed by atoms with E-state index in [2.05, 4.69) is 5.32 Å². The Morgan fingerprint density at radius 3 is 2.63 bits per heavy atom. The molecule has 1 aromatic carbocycles. The van der Waals surface area contributed by atoms with Crippen LogP contribution in [0.3, 0.4) is 0 Å². The summed E-state index contributed by atoms with van der Waals surface area (Å²) >= 11 is 0. The smallest absolute Gasteiger partial charge is 0.222 e. The van der Waals surface area contributed by atoms with Crippen LogP contribution in [0.5, 0.6) is 0 Å². The van der Waals surface area contributed by atoms with Crippen molar-refractivity contribution in [3.05, 3.63) is 35.6 Å². The Kier molecular flexibility index (Phi) is 5.48. The van der Waals surface area contributed by atoms with Crippen molar-refractivity contribution in [3.8, 4) is 0 Å². The van der Waals surface area contributed by atoms with Gasteiger partial charge in [0, 0.05) is 18.0 Å². The van der Waals surface area contributed by atoms with Crippen molar-refractivity contribution in [1.29, 1.82) is 0 Å². The number of amides is 1. The second kappa shape index (κ2) is 6.66. The number of carbonyl (C=O) groups excluding carboxylic acids is 1. The van der Waals surface area contributed by atoms with E-state index in [1.807, 2.05) is 20.8 Å². The maximum absolute atomic E-state index is 13.4. The summed E-state index contributed by atoms with van der Waals surface area (Å²) in [5.74, 6) is -0.393. The van der Waals surface area contributed by atoms with Crippen LogP contribution in [0.4, 0.5) is 4.39 Å². The van der Waals surface area contributed by atoms with Gasteiger partial charge in [-0.3, -0.25) is 4.79 Å². The summed E-state index contributed by atoms with van der Waals surface area (Å²) in [7, 11) is 0. The molecule has 1 unspecified atom stereocenters. The monoisotopic (exact) mass is 266 g/mol. The van der Waals surface area contributed by atoms with Crippen molar-refractivity contribution in [2.45, 2.75) is 39.2 Å². The summed E-state index contributed by atoms with van der Waals surface area (Å²) in [5.41, 5.74) is 6.04. The molecule has 1 rings (SSSR count). The van der Waals surface area contributed by atoms with Crippen molar-refractivity contribution in [3.63, 3.8) is 0 Å². The number of nitrogens with one attached hydrogen (secondary N) is 1. The number of benzene rings is 1. The standard InChI is InChI=1S/C15H23FN2O/c1-11(14(19)18-10-15(2,3)17)8-9-12-6-4-5-7-13(12)16/h4-7,11H,8-10,17H2,1-3H3,(H,18,19). The van der Waals surface area contributed by atoms with E-state index in [9.17, 15) is 9.18 Å². The van der Waals surface area contributed by atoms with Crippen LogP contribution >= 0.6 is 0 Å². The Morgan fingerprint density at radius 2 is 2.05 bits per heavy atom. The highest BCUT2D eigenvalue weighted by atomic mass is 19.1. The number of hydrogen-bond donors (Lipinski definition) is 2. The van der Waals surface area contributed by atoms with Gasteiger partial charge in [-0.25, -0.2) is 4.39 Å². The van der Waals surface area contributed by atoms with Crippen molar-refractivity contribution in [2.75, 3.05) is 6.54 Å². The molecule has 0 heterocycles. The summed E-state index contributed by atoms with van der Waals surface area (Å²) in [4.78, 5) is 11.8. The van der Waals surface area contributed by atoms with E-state index in [0.717, 1.165) is 0 Å². The van der Waals surface area contributed by atoms with Crippen molar-refractivity contribution < 1.29 is 9.18 Å². The summed E-state index contributed by atoms with van der Waals surface area (Å²) in [6.45, 7) is 6.00. The topological polar surface area (TPSA) is 55.1 Å². The molecular formula is C15H23FN2O. The van der Waals surface area contributed by atoms with Crippen molar-refractivity contribution in [1.82, 2.24) is 5.32 Å². The second-order valence-corrected chi connectivity index (χ2v) is 5.74. The molecule has 3 nitrogen and oxygen atoms in total. The predicted molar refractivity (Wildman–Crippen MR) is 75.2 cm³/mol. The zero-order valence-electron chi connectivity index (χ0n) is 11.9. The highest BCUT2D eigenvalue weighted by molar-refractivity contribution is 5.78. The molecule has 0 aliphatic heterocycles. The molecule has 0 saturated carbocycles. The Bertz CT molecular complexity index is 426. The molecule has 3 N–H and O–H groups in total. The van der Waals surface area contributed by atoms with Crippen LogP contribution in [-0.2, 0) is 11.2 Å². The summed E-state index contributed by atoms with van der Waals surface area (Å²) < 4.78 is 13.4. The lowest BCUT2D eigenvalue weighted by molar-refractivity contribution is -0.124. The third kappa shape index (κ3) is 5.83. The van der Waals surface area contributed by atoms with Gasteiger partial charge in [-0.2, -0.15) is 0 Å². The van der Waals surface area contributed by atoms with Crippen LogP contribution in [0.2, 0.25) is 0 Å². The molecule has 0 bridgehead atoms. The van der Waals surface area contributed by atoms with Gasteiger partial charge in [0.25, 0.3) is 0 Å². The Morgan fingerprint density at radius 1 is 1.42 bits per heavy atom. The van der Waals surface area contributed by atoms with Gasteiger partial charge in [0.15, 0.2) is 0 Å². The number of hydrogen-bond acceptors (Lipinski definition) is 2. The lowest BCUT2D eigenvalue weighted by Gasteiger charge is -2.20. The zero-order valence-corrected chi connectivity index (χ0v) is 11.9. The molecule has 1 aromatic rings. The fourth-order valence-corrected chi connectivity index (χ4v) is 1.69. The van der Waals surface area contributed by atoms with E-state index >= 15 is 0 Å². The zero-order chi connectivity index (χ0) is 14.5. The van der Waals surface area contributed by atoms with Gasteiger partial charge in [-0.1, -0.05) is 25.1 Å². The van der Waals surface area contributed by atoms with Gasteiger partial charge in [0.1, 0.15) is 5.82 Å². The van der Waals surface area contributed by atoms with Crippen LogP contribution in [0.1, 0.15) is 32.8 Å². The first-order valence-corrected chi connectivity index (χ1v) is 6.59. The first-order valence-electron chi connectivity index (χ1n) is 6.59. The third-order valence-corrected chi connectivity index (χ3v) is 2.97. The lowest BCUT2D eigenvalue weighted by Crippen LogP contribution is -2.46. The van der Waals surface area contributed by atoms with Gasteiger partial charge in [-0.15, -0.1) is 0 Å².